The van der Waals surface area contributed by atoms with Gasteiger partial charge in [0.25, 0.3) is 0 Å². The van der Waals surface area contributed by atoms with E-state index in [1.54, 1.807) is 36.4 Å². The Labute approximate surface area is 212 Å². The van der Waals surface area contributed by atoms with Crippen molar-refractivity contribution in [3.8, 4) is 11.5 Å². The molecule has 2 aromatic carbocycles. The summed E-state index contributed by atoms with van der Waals surface area (Å²) < 4.78 is 19.6. The van der Waals surface area contributed by atoms with E-state index in [1.165, 1.54) is 29.9 Å². The van der Waals surface area contributed by atoms with Crippen LogP contribution in [0.3, 0.4) is 0 Å². The average molecular weight is 511 g/mol. The first-order chi connectivity index (χ1) is 17.1. The normalized spacial score (nSPS) is 15.9. The number of nitrogens with one attached hydrogen (secondary N) is 1. The van der Waals surface area contributed by atoms with Crippen LogP contribution in [0.25, 0.3) is 0 Å². The quantitative estimate of drug-likeness (QED) is 0.388. The molecule has 0 unspecified atom stereocenters. The third-order valence-electron chi connectivity index (χ3n) is 6.27. The summed E-state index contributed by atoms with van der Waals surface area (Å²) in [5, 5.41) is 3.68. The largest absolute Gasteiger partial charge is 0.456 e. The smallest absolute Gasteiger partial charge is 0.239 e. The van der Waals surface area contributed by atoms with Crippen LogP contribution in [0.15, 0.2) is 48.5 Å². The molecule has 1 fully saturated rings. The summed E-state index contributed by atoms with van der Waals surface area (Å²) >= 11 is 3.34. The fourth-order valence-electron chi connectivity index (χ4n) is 4.58. The zero-order valence-electron chi connectivity index (χ0n) is 19.3. The van der Waals surface area contributed by atoms with E-state index in [0.717, 1.165) is 54.3 Å². The molecule has 1 N–H and O–H groups in total. The highest BCUT2D eigenvalue weighted by molar-refractivity contribution is 7.98. The maximum atomic E-state index is 13.9. The molecule has 3 aromatic rings. The Morgan fingerprint density at radius 3 is 2.71 bits per heavy atom. The van der Waals surface area contributed by atoms with Gasteiger partial charge < -0.3 is 10.1 Å². The van der Waals surface area contributed by atoms with Crippen LogP contribution in [0.2, 0.25) is 0 Å². The number of anilines is 1. The summed E-state index contributed by atoms with van der Waals surface area (Å²) in [5.74, 6) is 1.78. The second-order valence-electron chi connectivity index (χ2n) is 8.78. The maximum Gasteiger partial charge on any atom is 0.239 e. The highest BCUT2D eigenvalue weighted by atomic mass is 32.2. The molecule has 5 nitrogen and oxygen atoms in total. The van der Waals surface area contributed by atoms with E-state index in [-0.39, 0.29) is 11.7 Å². The number of amides is 1. The summed E-state index contributed by atoms with van der Waals surface area (Å²) in [5.41, 5.74) is 1.97. The van der Waals surface area contributed by atoms with E-state index in [2.05, 4.69) is 10.2 Å². The molecule has 182 valence electrons. The molecule has 3 heterocycles. The minimum atomic E-state index is -0.408. The molecule has 0 radical (unpaired) electrons. The lowest BCUT2D eigenvalue weighted by Gasteiger charge is -2.25. The second kappa shape index (κ2) is 10.9. The Morgan fingerprint density at radius 2 is 1.89 bits per heavy atom. The highest BCUT2D eigenvalue weighted by Crippen LogP contribution is 2.41. The first kappa shape index (κ1) is 24.0. The number of benzene rings is 2. The van der Waals surface area contributed by atoms with E-state index in [9.17, 15) is 14.0 Å². The third kappa shape index (κ3) is 5.60. The first-order valence-corrected chi connectivity index (χ1v) is 13.9. The number of rotatable bonds is 7. The number of fused-ring (bicyclic) bond motifs is 1. The molecule has 1 amide bonds. The predicted molar refractivity (Wildman–Crippen MR) is 139 cm³/mol. The molecule has 2 aliphatic heterocycles. The molecule has 0 aliphatic carbocycles. The minimum absolute atomic E-state index is 0.0866. The fraction of sp³-hybridized carbons (Fsp3) is 0.333. The molecule has 0 spiro atoms. The van der Waals surface area contributed by atoms with Crippen molar-refractivity contribution in [3.63, 3.8) is 0 Å². The number of likely N-dealkylation sites (tertiary alicyclic amines) is 1. The molecular weight excluding hydrogens is 483 g/mol. The van der Waals surface area contributed by atoms with Crippen LogP contribution in [0.1, 0.15) is 45.6 Å². The number of para-hydroxylation sites is 1. The SMILES string of the molecule is O=C(CN1CCCCC1)Nc1sc2c(c1C(=O)c1ccccc1Oc1cccc(F)c1)CCSC2. The van der Waals surface area contributed by atoms with Gasteiger partial charge in [0.15, 0.2) is 5.78 Å². The van der Waals surface area contributed by atoms with Crippen LogP contribution < -0.4 is 10.1 Å². The number of ketones is 1. The van der Waals surface area contributed by atoms with Crippen LogP contribution in [-0.2, 0) is 17.0 Å². The van der Waals surface area contributed by atoms with Crippen LogP contribution in [0.5, 0.6) is 11.5 Å². The lowest BCUT2D eigenvalue weighted by molar-refractivity contribution is -0.117. The van der Waals surface area contributed by atoms with Gasteiger partial charge in [-0.25, -0.2) is 4.39 Å². The van der Waals surface area contributed by atoms with E-state index in [1.807, 2.05) is 11.8 Å². The zero-order chi connectivity index (χ0) is 24.2. The van der Waals surface area contributed by atoms with Gasteiger partial charge in [-0.2, -0.15) is 11.8 Å². The number of piperidine rings is 1. The van der Waals surface area contributed by atoms with Gasteiger partial charge in [0, 0.05) is 16.7 Å². The van der Waals surface area contributed by atoms with Crippen LogP contribution in [0.4, 0.5) is 9.39 Å². The second-order valence-corrected chi connectivity index (χ2v) is 11.0. The van der Waals surface area contributed by atoms with Gasteiger partial charge in [-0.1, -0.05) is 24.6 Å². The van der Waals surface area contributed by atoms with E-state index in [4.69, 9.17) is 4.74 Å². The van der Waals surface area contributed by atoms with Crippen molar-refractivity contribution in [2.75, 3.05) is 30.7 Å². The van der Waals surface area contributed by atoms with Gasteiger partial charge in [-0.15, -0.1) is 11.3 Å². The number of carbonyl (C=O) groups is 2. The van der Waals surface area contributed by atoms with Crippen LogP contribution >= 0.6 is 23.1 Å². The number of hydrogen-bond acceptors (Lipinski definition) is 6. The standard InChI is InChI=1S/C27H27FN2O3S2/c28-18-7-6-8-19(15-18)33-22-10-3-2-9-20(22)26(32)25-21-11-14-34-17-23(21)35-27(25)29-24(31)16-30-12-4-1-5-13-30/h2-3,6-10,15H,1,4-5,11-14,16-17H2,(H,29,31). The van der Waals surface area contributed by atoms with Gasteiger partial charge in [0.05, 0.1) is 17.7 Å². The molecule has 1 aromatic heterocycles. The Hall–Kier alpha value is -2.68. The van der Waals surface area contributed by atoms with Gasteiger partial charge >= 0.3 is 0 Å². The number of thiophene rings is 1. The molecule has 0 atom stereocenters. The van der Waals surface area contributed by atoms with Gasteiger partial charge in [0.1, 0.15) is 22.3 Å². The van der Waals surface area contributed by atoms with Gasteiger partial charge in [-0.05, 0) is 67.9 Å². The summed E-state index contributed by atoms with van der Waals surface area (Å²) in [6.07, 6.45) is 4.23. The van der Waals surface area contributed by atoms with E-state index in [0.29, 0.717) is 34.2 Å². The molecular formula is C27H27FN2O3S2. The summed E-state index contributed by atoms with van der Waals surface area (Å²) in [6, 6.07) is 12.9. The number of ether oxygens (including phenoxy) is 1. The molecule has 1 saturated heterocycles. The Balaban J connectivity index is 1.45. The number of nitrogens with zero attached hydrogens (tertiary/aromatic N) is 1. The fourth-order valence-corrected chi connectivity index (χ4v) is 6.98. The van der Waals surface area contributed by atoms with Crippen molar-refractivity contribution in [2.24, 2.45) is 0 Å². The van der Waals surface area contributed by atoms with Crippen molar-refractivity contribution in [1.29, 1.82) is 0 Å². The van der Waals surface area contributed by atoms with Gasteiger partial charge in [-0.3, -0.25) is 14.5 Å². The van der Waals surface area contributed by atoms with Crippen molar-refractivity contribution in [3.05, 3.63) is 75.9 Å². The van der Waals surface area contributed by atoms with Gasteiger partial charge in [0.2, 0.25) is 5.91 Å². The molecule has 0 bridgehead atoms. The summed E-state index contributed by atoms with van der Waals surface area (Å²) in [4.78, 5) is 30.2. The molecule has 0 saturated carbocycles. The Bertz CT molecular complexity index is 1240. The zero-order valence-corrected chi connectivity index (χ0v) is 21.0. The number of thioether (sulfide) groups is 1. The highest BCUT2D eigenvalue weighted by Gasteiger charge is 2.29. The monoisotopic (exact) mass is 510 g/mol. The molecule has 8 heteroatoms. The Morgan fingerprint density at radius 1 is 1.06 bits per heavy atom. The third-order valence-corrected chi connectivity index (χ3v) is 8.59. The van der Waals surface area contributed by atoms with Crippen molar-refractivity contribution in [2.45, 2.75) is 31.4 Å². The van der Waals surface area contributed by atoms with Crippen LogP contribution in [-0.4, -0.2) is 42.0 Å². The van der Waals surface area contributed by atoms with E-state index >= 15 is 0 Å². The lowest BCUT2D eigenvalue weighted by atomic mass is 9.98. The Kier molecular flexibility index (Phi) is 7.51. The van der Waals surface area contributed by atoms with Crippen molar-refractivity contribution in [1.82, 2.24) is 4.90 Å². The summed E-state index contributed by atoms with van der Waals surface area (Å²) in [6.45, 7) is 2.20. The maximum absolute atomic E-state index is 13.9. The molecule has 2 aliphatic rings. The summed E-state index contributed by atoms with van der Waals surface area (Å²) in [7, 11) is 0. The van der Waals surface area contributed by atoms with Crippen molar-refractivity contribution < 1.29 is 18.7 Å². The van der Waals surface area contributed by atoms with Crippen LogP contribution in [0, 0.1) is 5.82 Å². The first-order valence-electron chi connectivity index (χ1n) is 11.9. The number of hydrogen-bond donors (Lipinski definition) is 1. The van der Waals surface area contributed by atoms with E-state index < -0.39 is 5.82 Å². The molecule has 35 heavy (non-hydrogen) atoms. The predicted octanol–water partition coefficient (Wildman–Crippen LogP) is 6.12. The topological polar surface area (TPSA) is 58.6 Å². The molecule has 5 rings (SSSR count). The average Bonchev–Trinajstić information content (AvgIpc) is 3.22. The number of halogens is 1. The number of carbonyl (C=O) groups excluding carboxylic acids is 2. The lowest BCUT2D eigenvalue weighted by Crippen LogP contribution is -2.36. The van der Waals surface area contributed by atoms with Crippen molar-refractivity contribution >= 4 is 39.8 Å². The minimum Gasteiger partial charge on any atom is -0.456 e.